The summed E-state index contributed by atoms with van der Waals surface area (Å²) in [4.78, 5) is 49.9. The maximum Gasteiger partial charge on any atom is 0.310 e. The van der Waals surface area contributed by atoms with E-state index in [1.807, 2.05) is 27.7 Å². The van der Waals surface area contributed by atoms with Gasteiger partial charge in [-0.1, -0.05) is 91.4 Å². The Morgan fingerprint density at radius 3 is 1.68 bits per heavy atom. The van der Waals surface area contributed by atoms with Crippen LogP contribution in [0.2, 0.25) is 0 Å². The first-order chi connectivity index (χ1) is 17.3. The predicted molar refractivity (Wildman–Crippen MR) is 149 cm³/mol. The summed E-state index contributed by atoms with van der Waals surface area (Å²) in [6, 6.07) is 0. The van der Waals surface area contributed by atoms with Gasteiger partial charge in [0, 0.05) is 13.1 Å². The lowest BCUT2D eigenvalue weighted by atomic mass is 9.78. The molecule has 37 heavy (non-hydrogen) atoms. The van der Waals surface area contributed by atoms with E-state index < -0.39 is 23.9 Å². The molecule has 5 saturated heterocycles. The van der Waals surface area contributed by atoms with Crippen LogP contribution in [0.1, 0.15) is 27.7 Å². The molecule has 2 N–H and O–H groups in total. The van der Waals surface area contributed by atoms with Gasteiger partial charge >= 0.3 is 5.97 Å². The lowest BCUT2D eigenvalue weighted by Crippen LogP contribution is -2.51. The van der Waals surface area contributed by atoms with Crippen LogP contribution in [0, 0.1) is 35.5 Å². The van der Waals surface area contributed by atoms with Gasteiger partial charge in [-0.05, 0) is 11.8 Å². The third-order valence-corrected chi connectivity index (χ3v) is 13.4. The molecule has 208 valence electrons. The molecule has 0 spiro atoms. The van der Waals surface area contributed by atoms with Crippen molar-refractivity contribution in [2.75, 3.05) is 13.1 Å². The van der Waals surface area contributed by atoms with E-state index in [0.717, 1.165) is 0 Å². The molecule has 3 amide bonds. The average Bonchev–Trinajstić information content (AvgIpc) is 3.59. The Kier molecular flexibility index (Phi) is 9.23. The molecular formula is C24H32Br4N2O7. The molecule has 4 bridgehead atoms. The van der Waals surface area contributed by atoms with E-state index in [4.69, 9.17) is 9.47 Å². The molecule has 5 fully saturated rings. The third kappa shape index (κ3) is 5.23. The Hall–Kier alpha value is -0.0800. The van der Waals surface area contributed by atoms with Crippen LogP contribution < -0.4 is 5.32 Å². The first-order valence-electron chi connectivity index (χ1n) is 12.5. The van der Waals surface area contributed by atoms with Crippen LogP contribution in [-0.2, 0) is 28.7 Å². The zero-order chi connectivity index (χ0) is 27.5. The number of fused-ring (bicyclic) bond motifs is 7. The van der Waals surface area contributed by atoms with Crippen LogP contribution >= 0.6 is 63.7 Å². The molecule has 5 rings (SSSR count). The number of hydrogen-bond donors (Lipinski definition) is 2. The van der Waals surface area contributed by atoms with Crippen LogP contribution in [0.15, 0.2) is 0 Å². The number of hydrogen-bond acceptors (Lipinski definition) is 6. The van der Waals surface area contributed by atoms with E-state index in [1.165, 1.54) is 4.90 Å². The van der Waals surface area contributed by atoms with Crippen molar-refractivity contribution in [2.45, 2.75) is 71.4 Å². The number of amides is 3. The van der Waals surface area contributed by atoms with Gasteiger partial charge in [-0.3, -0.25) is 24.1 Å². The number of carboxylic acid groups (broad SMARTS) is 1. The summed E-state index contributed by atoms with van der Waals surface area (Å²) >= 11 is 14.0. The number of nitrogens with zero attached hydrogens (tertiary/aromatic N) is 1. The van der Waals surface area contributed by atoms with E-state index in [9.17, 15) is 24.3 Å². The highest BCUT2D eigenvalue weighted by Crippen LogP contribution is 2.53. The van der Waals surface area contributed by atoms with Crippen molar-refractivity contribution in [3.63, 3.8) is 0 Å². The molecule has 5 aliphatic heterocycles. The number of carbonyl (C=O) groups is 4. The first kappa shape index (κ1) is 29.9. The molecule has 5 heterocycles. The van der Waals surface area contributed by atoms with Crippen molar-refractivity contribution < 1.29 is 33.8 Å². The number of rotatable bonds is 6. The standard InChI is InChI=1S/C12H17Br2NO4.C12H15Br2NO3/c1-4(2)3-15-11(16)5-6(12(17)18)10-8(14)7(13)9(5)19-10;1-4(2)3-15-11(16)5-6(12(15)17)10-8(14)7(13)9(5)18-10/h4-10H,3H2,1-2H3,(H,15,16)(H,17,18);4-10H,3H2,1-2H3. The van der Waals surface area contributed by atoms with Crippen molar-refractivity contribution in [3.05, 3.63) is 0 Å². The number of alkyl halides is 4. The van der Waals surface area contributed by atoms with Crippen LogP contribution in [0.4, 0.5) is 0 Å². The number of halogens is 4. The zero-order valence-corrected chi connectivity index (χ0v) is 27.2. The molecule has 0 aromatic carbocycles. The Labute approximate surface area is 250 Å². The molecule has 12 atom stereocenters. The monoisotopic (exact) mass is 776 g/mol. The van der Waals surface area contributed by atoms with Gasteiger partial charge in [0.1, 0.15) is 0 Å². The van der Waals surface area contributed by atoms with E-state index >= 15 is 0 Å². The van der Waals surface area contributed by atoms with Crippen LogP contribution in [-0.4, -0.2) is 90.5 Å². The zero-order valence-electron chi connectivity index (χ0n) is 20.9. The van der Waals surface area contributed by atoms with E-state index in [2.05, 4.69) is 69.0 Å². The van der Waals surface area contributed by atoms with Gasteiger partial charge in [0.25, 0.3) is 0 Å². The molecule has 0 radical (unpaired) electrons. The number of nitrogens with one attached hydrogen (secondary N) is 1. The Morgan fingerprint density at radius 1 is 0.811 bits per heavy atom. The Balaban J connectivity index is 0.000000173. The van der Waals surface area contributed by atoms with Crippen molar-refractivity contribution in [1.82, 2.24) is 10.2 Å². The van der Waals surface area contributed by atoms with Gasteiger partial charge in [-0.2, -0.15) is 0 Å². The summed E-state index contributed by atoms with van der Waals surface area (Å²) in [6.07, 6.45) is -1.18. The van der Waals surface area contributed by atoms with Gasteiger partial charge in [0.05, 0.1) is 67.4 Å². The van der Waals surface area contributed by atoms with Crippen molar-refractivity contribution in [2.24, 2.45) is 35.5 Å². The fraction of sp³-hybridized carbons (Fsp3) is 0.833. The minimum absolute atomic E-state index is 0.0390. The molecule has 0 aromatic heterocycles. The topological polar surface area (TPSA) is 122 Å². The smallest absolute Gasteiger partial charge is 0.310 e. The highest BCUT2D eigenvalue weighted by molar-refractivity contribution is 9.12. The quantitative estimate of drug-likeness (QED) is 0.314. The molecule has 9 nitrogen and oxygen atoms in total. The van der Waals surface area contributed by atoms with Crippen LogP contribution in [0.25, 0.3) is 0 Å². The highest BCUT2D eigenvalue weighted by Gasteiger charge is 2.68. The van der Waals surface area contributed by atoms with E-state index in [-0.39, 0.29) is 67.2 Å². The minimum Gasteiger partial charge on any atom is -0.481 e. The predicted octanol–water partition coefficient (Wildman–Crippen LogP) is 2.94. The molecular weight excluding hydrogens is 748 g/mol. The summed E-state index contributed by atoms with van der Waals surface area (Å²) < 4.78 is 11.5. The SMILES string of the molecule is CC(C)CN1C(=O)C2C3OC(C(Br)C3Br)C2C1=O.CC(C)CNC(=O)C1C2OC(C(Br)C2Br)C1C(=O)O. The lowest BCUT2D eigenvalue weighted by Gasteiger charge is -2.30. The Morgan fingerprint density at radius 2 is 1.24 bits per heavy atom. The van der Waals surface area contributed by atoms with Crippen LogP contribution in [0.3, 0.4) is 0 Å². The average molecular weight is 780 g/mol. The third-order valence-electron chi connectivity index (χ3n) is 7.60. The van der Waals surface area contributed by atoms with E-state index in [0.29, 0.717) is 24.9 Å². The number of ether oxygens (including phenoxy) is 2. The molecule has 0 saturated carbocycles. The maximum atomic E-state index is 12.4. The summed E-state index contributed by atoms with van der Waals surface area (Å²) in [6.45, 7) is 9.08. The summed E-state index contributed by atoms with van der Waals surface area (Å²) in [7, 11) is 0. The molecule has 12 unspecified atom stereocenters. The van der Waals surface area contributed by atoms with Gasteiger partial charge in [0.2, 0.25) is 17.7 Å². The summed E-state index contributed by atoms with van der Waals surface area (Å²) in [5, 5.41) is 12.2. The summed E-state index contributed by atoms with van der Waals surface area (Å²) in [5.74, 6) is -2.62. The number of likely N-dealkylation sites (tertiary alicyclic amines) is 1. The first-order valence-corrected chi connectivity index (χ1v) is 16.2. The fourth-order valence-electron chi connectivity index (χ4n) is 5.97. The largest absolute Gasteiger partial charge is 0.481 e. The second-order valence-electron chi connectivity index (χ2n) is 11.2. The maximum absolute atomic E-state index is 12.4. The van der Waals surface area contributed by atoms with Crippen molar-refractivity contribution in [3.8, 4) is 0 Å². The van der Waals surface area contributed by atoms with Gasteiger partial charge in [-0.25, -0.2) is 0 Å². The van der Waals surface area contributed by atoms with Gasteiger partial charge in [0.15, 0.2) is 0 Å². The van der Waals surface area contributed by atoms with Crippen molar-refractivity contribution in [1.29, 1.82) is 0 Å². The fourth-order valence-corrected chi connectivity index (χ4v) is 8.98. The van der Waals surface area contributed by atoms with Gasteiger partial charge in [-0.15, -0.1) is 0 Å². The number of aliphatic carboxylic acids is 1. The van der Waals surface area contributed by atoms with Crippen LogP contribution in [0.5, 0.6) is 0 Å². The number of carboxylic acids is 1. The highest BCUT2D eigenvalue weighted by atomic mass is 79.9. The molecule has 0 aromatic rings. The molecule has 13 heteroatoms. The number of imide groups is 1. The summed E-state index contributed by atoms with van der Waals surface area (Å²) in [5.41, 5.74) is 0. The Bertz CT molecular complexity index is 920. The molecule has 0 aliphatic carbocycles. The van der Waals surface area contributed by atoms with Gasteiger partial charge < -0.3 is 19.9 Å². The minimum atomic E-state index is -0.971. The van der Waals surface area contributed by atoms with Crippen molar-refractivity contribution >= 4 is 87.4 Å². The second-order valence-corrected chi connectivity index (χ2v) is 15.4. The van der Waals surface area contributed by atoms with E-state index in [1.54, 1.807) is 0 Å². The lowest BCUT2D eigenvalue weighted by molar-refractivity contribution is -0.147. The number of carbonyl (C=O) groups excluding carboxylic acids is 3. The second kappa shape index (κ2) is 11.4. The normalized spacial score (nSPS) is 43.5. The molecule has 5 aliphatic rings.